The average Bonchev–Trinajstić information content (AvgIpc) is 2.38. The van der Waals surface area contributed by atoms with Gasteiger partial charge in [0.2, 0.25) is 0 Å². The molecule has 0 amide bonds. The van der Waals surface area contributed by atoms with Gasteiger partial charge in [-0.1, -0.05) is 39.7 Å². The van der Waals surface area contributed by atoms with Crippen LogP contribution in [0.1, 0.15) is 24.1 Å². The third kappa shape index (κ3) is 3.55. The maximum absolute atomic E-state index is 6.18. The zero-order valence-electron chi connectivity index (χ0n) is 10.0. The van der Waals surface area contributed by atoms with Gasteiger partial charge in [0.05, 0.1) is 0 Å². The predicted octanol–water partition coefficient (Wildman–Crippen LogP) is 4.35. The number of rotatable bonds is 4. The Bertz CT molecular complexity index is 516. The number of benzene rings is 1. The van der Waals surface area contributed by atoms with Gasteiger partial charge < -0.3 is 5.32 Å². The Balaban J connectivity index is 1.99. The van der Waals surface area contributed by atoms with Gasteiger partial charge in [-0.3, -0.25) is 4.98 Å². The van der Waals surface area contributed by atoms with Gasteiger partial charge in [0.15, 0.2) is 0 Å². The molecule has 2 nitrogen and oxygen atoms in total. The van der Waals surface area contributed by atoms with Crippen molar-refractivity contribution in [3.63, 3.8) is 0 Å². The molecule has 2 aromatic rings. The summed E-state index contributed by atoms with van der Waals surface area (Å²) in [6.07, 6.45) is 3.66. The van der Waals surface area contributed by atoms with Gasteiger partial charge in [0, 0.05) is 34.5 Å². The fourth-order valence-electron chi connectivity index (χ4n) is 1.68. The summed E-state index contributed by atoms with van der Waals surface area (Å²) in [5.41, 5.74) is 2.27. The van der Waals surface area contributed by atoms with Gasteiger partial charge >= 0.3 is 0 Å². The summed E-state index contributed by atoms with van der Waals surface area (Å²) >= 11 is 9.58. The van der Waals surface area contributed by atoms with Gasteiger partial charge in [-0.2, -0.15) is 0 Å². The summed E-state index contributed by atoms with van der Waals surface area (Å²) in [6, 6.07) is 10.2. The maximum Gasteiger partial charge on any atom is 0.0462 e. The fourth-order valence-corrected chi connectivity index (χ4v) is 2.42. The molecule has 0 bridgehead atoms. The van der Waals surface area contributed by atoms with Crippen molar-refractivity contribution in [1.82, 2.24) is 10.3 Å². The normalized spacial score (nSPS) is 12.4. The van der Waals surface area contributed by atoms with Crippen LogP contribution in [-0.2, 0) is 6.54 Å². The Labute approximate surface area is 121 Å². The van der Waals surface area contributed by atoms with Gasteiger partial charge in [-0.05, 0) is 36.2 Å². The van der Waals surface area contributed by atoms with E-state index in [1.807, 2.05) is 30.5 Å². The minimum Gasteiger partial charge on any atom is -0.306 e. The first-order valence-electron chi connectivity index (χ1n) is 5.74. The first kappa shape index (κ1) is 13.5. The summed E-state index contributed by atoms with van der Waals surface area (Å²) in [5, 5.41) is 4.21. The standard InChI is InChI=1S/C14H14BrClN2/c1-10(11-3-2-6-17-8-11)18-9-12-4-5-13(15)7-14(12)16/h2-8,10,18H,9H2,1H3. The topological polar surface area (TPSA) is 24.9 Å². The van der Waals surface area contributed by atoms with Gasteiger partial charge in [-0.25, -0.2) is 0 Å². The van der Waals surface area contributed by atoms with Gasteiger partial charge in [-0.15, -0.1) is 0 Å². The van der Waals surface area contributed by atoms with Crippen molar-refractivity contribution >= 4 is 27.5 Å². The highest BCUT2D eigenvalue weighted by Crippen LogP contribution is 2.22. The Hall–Kier alpha value is -0.900. The van der Waals surface area contributed by atoms with E-state index in [9.17, 15) is 0 Å². The molecule has 0 fully saturated rings. The van der Waals surface area contributed by atoms with Gasteiger partial charge in [0.25, 0.3) is 0 Å². The zero-order valence-corrected chi connectivity index (χ0v) is 12.4. The van der Waals surface area contributed by atoms with E-state index in [4.69, 9.17) is 11.6 Å². The van der Waals surface area contributed by atoms with Gasteiger partial charge in [0.1, 0.15) is 0 Å². The van der Waals surface area contributed by atoms with E-state index >= 15 is 0 Å². The second kappa shape index (κ2) is 6.32. The van der Waals surface area contributed by atoms with E-state index in [0.29, 0.717) is 0 Å². The van der Waals surface area contributed by atoms with Crippen molar-refractivity contribution < 1.29 is 0 Å². The van der Waals surface area contributed by atoms with E-state index in [2.05, 4.69) is 39.2 Å². The molecule has 94 valence electrons. The van der Waals surface area contributed by atoms with Crippen LogP contribution in [0.15, 0.2) is 47.2 Å². The lowest BCUT2D eigenvalue weighted by atomic mass is 10.1. The largest absolute Gasteiger partial charge is 0.306 e. The van der Waals surface area contributed by atoms with E-state index in [-0.39, 0.29) is 6.04 Å². The lowest BCUT2D eigenvalue weighted by molar-refractivity contribution is 0.573. The average molecular weight is 326 g/mol. The Morgan fingerprint density at radius 1 is 1.39 bits per heavy atom. The third-order valence-electron chi connectivity index (χ3n) is 2.80. The summed E-state index contributed by atoms with van der Waals surface area (Å²) < 4.78 is 0.997. The summed E-state index contributed by atoms with van der Waals surface area (Å²) in [7, 11) is 0. The molecule has 0 saturated carbocycles. The molecule has 18 heavy (non-hydrogen) atoms. The monoisotopic (exact) mass is 324 g/mol. The number of hydrogen-bond acceptors (Lipinski definition) is 2. The van der Waals surface area contributed by atoms with Crippen molar-refractivity contribution in [3.8, 4) is 0 Å². The smallest absolute Gasteiger partial charge is 0.0462 e. The van der Waals surface area contributed by atoms with E-state index in [1.165, 1.54) is 5.56 Å². The van der Waals surface area contributed by atoms with Crippen LogP contribution in [-0.4, -0.2) is 4.98 Å². The molecule has 2 rings (SSSR count). The summed E-state index contributed by atoms with van der Waals surface area (Å²) in [5.74, 6) is 0. The fraction of sp³-hybridized carbons (Fsp3) is 0.214. The second-order valence-corrected chi connectivity index (χ2v) is 5.45. The molecule has 1 N–H and O–H groups in total. The van der Waals surface area contributed by atoms with E-state index < -0.39 is 0 Å². The first-order valence-corrected chi connectivity index (χ1v) is 6.91. The zero-order chi connectivity index (χ0) is 13.0. The lowest BCUT2D eigenvalue weighted by Gasteiger charge is -2.14. The molecule has 1 unspecified atom stereocenters. The maximum atomic E-state index is 6.18. The molecule has 0 aliphatic rings. The highest BCUT2D eigenvalue weighted by molar-refractivity contribution is 9.10. The minimum atomic E-state index is 0.249. The predicted molar refractivity (Wildman–Crippen MR) is 78.6 cm³/mol. The molecule has 0 aliphatic carbocycles. The first-order chi connectivity index (χ1) is 8.66. The number of hydrogen-bond donors (Lipinski definition) is 1. The number of nitrogens with zero attached hydrogens (tertiary/aromatic N) is 1. The Morgan fingerprint density at radius 3 is 2.89 bits per heavy atom. The molecule has 0 radical (unpaired) electrons. The van der Waals surface area contributed by atoms with Crippen LogP contribution >= 0.6 is 27.5 Å². The van der Waals surface area contributed by atoms with Crippen LogP contribution in [0.4, 0.5) is 0 Å². The second-order valence-electron chi connectivity index (χ2n) is 4.12. The molecular weight excluding hydrogens is 312 g/mol. The molecule has 0 aliphatic heterocycles. The highest BCUT2D eigenvalue weighted by Gasteiger charge is 2.06. The summed E-state index contributed by atoms with van der Waals surface area (Å²) in [6.45, 7) is 2.85. The van der Waals surface area contributed by atoms with Crippen LogP contribution in [0.5, 0.6) is 0 Å². The third-order valence-corrected chi connectivity index (χ3v) is 3.64. The van der Waals surface area contributed by atoms with Crippen LogP contribution in [0.25, 0.3) is 0 Å². The summed E-state index contributed by atoms with van der Waals surface area (Å²) in [4.78, 5) is 4.12. The molecule has 0 spiro atoms. The van der Waals surface area contributed by atoms with Crippen LogP contribution in [0.2, 0.25) is 5.02 Å². The van der Waals surface area contributed by atoms with Crippen molar-refractivity contribution in [2.75, 3.05) is 0 Å². The highest BCUT2D eigenvalue weighted by atomic mass is 79.9. The SMILES string of the molecule is CC(NCc1ccc(Br)cc1Cl)c1cccnc1. The van der Waals surface area contributed by atoms with Crippen molar-refractivity contribution in [2.45, 2.75) is 19.5 Å². The molecule has 1 aromatic heterocycles. The lowest BCUT2D eigenvalue weighted by Crippen LogP contribution is -2.18. The van der Waals surface area contributed by atoms with Crippen molar-refractivity contribution in [2.24, 2.45) is 0 Å². The molecule has 1 atom stereocenters. The van der Waals surface area contributed by atoms with E-state index in [1.54, 1.807) is 6.20 Å². The van der Waals surface area contributed by atoms with Crippen molar-refractivity contribution in [1.29, 1.82) is 0 Å². The minimum absolute atomic E-state index is 0.249. The molecule has 1 heterocycles. The molecular formula is C14H14BrClN2. The van der Waals surface area contributed by atoms with Crippen LogP contribution in [0.3, 0.4) is 0 Å². The van der Waals surface area contributed by atoms with Crippen LogP contribution < -0.4 is 5.32 Å². The van der Waals surface area contributed by atoms with Crippen molar-refractivity contribution in [3.05, 3.63) is 63.3 Å². The Morgan fingerprint density at radius 2 is 2.22 bits per heavy atom. The molecule has 4 heteroatoms. The number of nitrogens with one attached hydrogen (secondary N) is 1. The number of aromatic nitrogens is 1. The molecule has 1 aromatic carbocycles. The quantitative estimate of drug-likeness (QED) is 0.904. The number of halogens is 2. The Kier molecular flexibility index (Phi) is 4.75. The van der Waals surface area contributed by atoms with Crippen LogP contribution in [0, 0.1) is 0 Å². The molecule has 0 saturated heterocycles. The van der Waals surface area contributed by atoms with E-state index in [0.717, 1.165) is 21.6 Å². The number of pyridine rings is 1.